The molecule has 0 aromatic heterocycles. The molecule has 1 aromatic carbocycles. The van der Waals surface area contributed by atoms with Crippen LogP contribution in [0.25, 0.3) is 0 Å². The molecule has 1 amide bonds. The van der Waals surface area contributed by atoms with Crippen molar-refractivity contribution in [1.29, 1.82) is 0 Å². The van der Waals surface area contributed by atoms with Crippen molar-refractivity contribution in [2.24, 2.45) is 0 Å². The van der Waals surface area contributed by atoms with E-state index in [1.165, 1.54) is 12.1 Å². The third-order valence-corrected chi connectivity index (χ3v) is 3.18. The summed E-state index contributed by atoms with van der Waals surface area (Å²) in [5, 5.41) is 6.07. The van der Waals surface area contributed by atoms with Crippen molar-refractivity contribution >= 4 is 5.91 Å². The number of hydrogen-bond acceptors (Lipinski definition) is 2. The fourth-order valence-corrected chi connectivity index (χ4v) is 1.70. The minimum Gasteiger partial charge on any atom is -0.354 e. The van der Waals surface area contributed by atoms with E-state index >= 15 is 0 Å². The second-order valence-electron chi connectivity index (χ2n) is 4.87. The van der Waals surface area contributed by atoms with Gasteiger partial charge in [-0.3, -0.25) is 4.79 Å². The topological polar surface area (TPSA) is 41.1 Å². The molecule has 0 spiro atoms. The SMILES string of the molecule is CCC(C)NC(=O)CCNCc1cc(F)ccc1C. The van der Waals surface area contributed by atoms with Crippen LogP contribution < -0.4 is 10.6 Å². The number of carbonyl (C=O) groups excluding carboxylic acids is 1. The highest BCUT2D eigenvalue weighted by Crippen LogP contribution is 2.09. The Hall–Kier alpha value is -1.42. The molecule has 2 N–H and O–H groups in total. The number of benzene rings is 1. The molecule has 0 aliphatic rings. The van der Waals surface area contributed by atoms with Crippen LogP contribution in [0.2, 0.25) is 0 Å². The summed E-state index contributed by atoms with van der Waals surface area (Å²) >= 11 is 0. The predicted octanol–water partition coefficient (Wildman–Crippen LogP) is 2.53. The van der Waals surface area contributed by atoms with Gasteiger partial charge in [-0.2, -0.15) is 0 Å². The molecule has 1 atom stereocenters. The Balaban J connectivity index is 2.27. The predicted molar refractivity (Wildman–Crippen MR) is 75.4 cm³/mol. The summed E-state index contributed by atoms with van der Waals surface area (Å²) in [4.78, 5) is 11.5. The number of amides is 1. The monoisotopic (exact) mass is 266 g/mol. The van der Waals surface area contributed by atoms with Crippen LogP contribution in [0, 0.1) is 12.7 Å². The van der Waals surface area contributed by atoms with Crippen LogP contribution in [0.15, 0.2) is 18.2 Å². The minimum atomic E-state index is -0.225. The average Bonchev–Trinajstić information content (AvgIpc) is 2.38. The van der Waals surface area contributed by atoms with E-state index in [0.717, 1.165) is 17.5 Å². The maximum absolute atomic E-state index is 13.1. The van der Waals surface area contributed by atoms with Crippen LogP contribution in [0.1, 0.15) is 37.8 Å². The Labute approximate surface area is 114 Å². The highest BCUT2D eigenvalue weighted by Gasteiger charge is 2.05. The van der Waals surface area contributed by atoms with Gasteiger partial charge in [-0.15, -0.1) is 0 Å². The average molecular weight is 266 g/mol. The Morgan fingerprint density at radius 1 is 1.42 bits per heavy atom. The lowest BCUT2D eigenvalue weighted by Gasteiger charge is -2.12. The van der Waals surface area contributed by atoms with Crippen LogP contribution in [0.3, 0.4) is 0 Å². The lowest BCUT2D eigenvalue weighted by atomic mass is 10.1. The number of hydrogen-bond donors (Lipinski definition) is 2. The standard InChI is InChI=1S/C15H23FN2O/c1-4-12(3)18-15(19)7-8-17-10-13-9-14(16)6-5-11(13)2/h5-6,9,12,17H,4,7-8,10H2,1-3H3,(H,18,19). The van der Waals surface area contributed by atoms with Gasteiger partial charge in [0.1, 0.15) is 5.82 Å². The zero-order valence-corrected chi connectivity index (χ0v) is 11.9. The van der Waals surface area contributed by atoms with Crippen molar-refractivity contribution < 1.29 is 9.18 Å². The summed E-state index contributed by atoms with van der Waals surface area (Å²) in [6.07, 6.45) is 1.38. The van der Waals surface area contributed by atoms with Crippen molar-refractivity contribution in [3.63, 3.8) is 0 Å². The third-order valence-electron chi connectivity index (χ3n) is 3.18. The summed E-state index contributed by atoms with van der Waals surface area (Å²) in [5.41, 5.74) is 1.99. The van der Waals surface area contributed by atoms with Crippen molar-refractivity contribution in [1.82, 2.24) is 10.6 Å². The van der Waals surface area contributed by atoms with E-state index in [1.807, 2.05) is 20.8 Å². The molecule has 1 unspecified atom stereocenters. The Morgan fingerprint density at radius 2 is 2.16 bits per heavy atom. The molecule has 1 aromatic rings. The summed E-state index contributed by atoms with van der Waals surface area (Å²) in [6.45, 7) is 7.15. The smallest absolute Gasteiger partial charge is 0.221 e. The molecule has 0 saturated heterocycles. The molecule has 0 heterocycles. The molecular formula is C15H23FN2O. The molecule has 0 fully saturated rings. The fraction of sp³-hybridized carbons (Fsp3) is 0.533. The molecule has 19 heavy (non-hydrogen) atoms. The normalized spacial score (nSPS) is 12.2. The first-order valence-corrected chi connectivity index (χ1v) is 6.78. The molecule has 0 aliphatic heterocycles. The highest BCUT2D eigenvalue weighted by atomic mass is 19.1. The van der Waals surface area contributed by atoms with Gasteiger partial charge in [0.05, 0.1) is 0 Å². The lowest BCUT2D eigenvalue weighted by Crippen LogP contribution is -2.33. The van der Waals surface area contributed by atoms with Gasteiger partial charge in [-0.25, -0.2) is 4.39 Å². The maximum atomic E-state index is 13.1. The number of carbonyl (C=O) groups is 1. The van der Waals surface area contributed by atoms with Gasteiger partial charge < -0.3 is 10.6 Å². The maximum Gasteiger partial charge on any atom is 0.221 e. The van der Waals surface area contributed by atoms with E-state index in [2.05, 4.69) is 10.6 Å². The van der Waals surface area contributed by atoms with Gasteiger partial charge in [0.15, 0.2) is 0 Å². The lowest BCUT2D eigenvalue weighted by molar-refractivity contribution is -0.121. The first-order chi connectivity index (χ1) is 9.02. The van der Waals surface area contributed by atoms with Gasteiger partial charge in [-0.05, 0) is 43.5 Å². The van der Waals surface area contributed by atoms with Gasteiger partial charge in [0.25, 0.3) is 0 Å². The summed E-state index contributed by atoms with van der Waals surface area (Å²) in [7, 11) is 0. The summed E-state index contributed by atoms with van der Waals surface area (Å²) in [6, 6.07) is 4.97. The van der Waals surface area contributed by atoms with E-state index < -0.39 is 0 Å². The minimum absolute atomic E-state index is 0.0535. The van der Waals surface area contributed by atoms with Crippen LogP contribution in [0.4, 0.5) is 4.39 Å². The molecule has 106 valence electrons. The molecule has 4 heteroatoms. The Bertz CT molecular complexity index is 421. The Morgan fingerprint density at radius 3 is 2.84 bits per heavy atom. The summed E-state index contributed by atoms with van der Waals surface area (Å²) < 4.78 is 13.1. The molecular weight excluding hydrogens is 243 g/mol. The van der Waals surface area contributed by atoms with Crippen molar-refractivity contribution in [3.8, 4) is 0 Å². The molecule has 0 radical (unpaired) electrons. The van der Waals surface area contributed by atoms with Gasteiger partial charge in [0.2, 0.25) is 5.91 Å². The molecule has 0 bridgehead atoms. The van der Waals surface area contributed by atoms with Gasteiger partial charge in [-0.1, -0.05) is 13.0 Å². The van der Waals surface area contributed by atoms with Crippen LogP contribution in [-0.2, 0) is 11.3 Å². The second-order valence-corrected chi connectivity index (χ2v) is 4.87. The van der Waals surface area contributed by atoms with Crippen LogP contribution >= 0.6 is 0 Å². The highest BCUT2D eigenvalue weighted by molar-refractivity contribution is 5.76. The molecule has 1 rings (SSSR count). The summed E-state index contributed by atoms with van der Waals surface area (Å²) in [5.74, 6) is -0.172. The van der Waals surface area contributed by atoms with E-state index in [0.29, 0.717) is 19.5 Å². The molecule has 3 nitrogen and oxygen atoms in total. The number of rotatable bonds is 7. The number of nitrogens with one attached hydrogen (secondary N) is 2. The van der Waals surface area contributed by atoms with Gasteiger partial charge in [0, 0.05) is 25.6 Å². The largest absolute Gasteiger partial charge is 0.354 e. The number of halogens is 1. The van der Waals surface area contributed by atoms with Crippen molar-refractivity contribution in [3.05, 3.63) is 35.1 Å². The van der Waals surface area contributed by atoms with Gasteiger partial charge >= 0.3 is 0 Å². The fourth-order valence-electron chi connectivity index (χ4n) is 1.70. The van der Waals surface area contributed by atoms with E-state index in [9.17, 15) is 9.18 Å². The zero-order chi connectivity index (χ0) is 14.3. The zero-order valence-electron chi connectivity index (χ0n) is 11.9. The third kappa shape index (κ3) is 5.83. The second kappa shape index (κ2) is 7.89. The van der Waals surface area contributed by atoms with E-state index in [-0.39, 0.29) is 17.8 Å². The number of aryl methyl sites for hydroxylation is 1. The van der Waals surface area contributed by atoms with Crippen LogP contribution in [-0.4, -0.2) is 18.5 Å². The molecule has 0 aliphatic carbocycles. The van der Waals surface area contributed by atoms with Crippen LogP contribution in [0.5, 0.6) is 0 Å². The first kappa shape index (κ1) is 15.6. The molecule has 0 saturated carbocycles. The van der Waals surface area contributed by atoms with Crippen molar-refractivity contribution in [2.75, 3.05) is 6.54 Å². The Kier molecular flexibility index (Phi) is 6.50. The quantitative estimate of drug-likeness (QED) is 0.745. The van der Waals surface area contributed by atoms with E-state index in [4.69, 9.17) is 0 Å². The first-order valence-electron chi connectivity index (χ1n) is 6.78. The van der Waals surface area contributed by atoms with Crippen molar-refractivity contribution in [2.45, 2.75) is 46.2 Å². The van der Waals surface area contributed by atoms with E-state index in [1.54, 1.807) is 6.07 Å².